The predicted molar refractivity (Wildman–Crippen MR) is 77.5 cm³/mol. The first-order valence-corrected chi connectivity index (χ1v) is 7.39. The van der Waals surface area contributed by atoms with Crippen molar-refractivity contribution in [3.05, 3.63) is 0 Å². The van der Waals surface area contributed by atoms with Crippen molar-refractivity contribution in [2.45, 2.75) is 59.0 Å². The molecule has 0 aliphatic carbocycles. The van der Waals surface area contributed by atoms with Gasteiger partial charge in [-0.15, -0.1) is 0 Å². The zero-order valence-corrected chi connectivity index (χ0v) is 12.7. The minimum Gasteiger partial charge on any atom is -0.389 e. The minimum atomic E-state index is -0.699. The average Bonchev–Trinajstić information content (AvgIpc) is 2.51. The molecule has 0 spiro atoms. The second-order valence-corrected chi connectivity index (χ2v) is 7.29. The van der Waals surface area contributed by atoms with Crippen molar-refractivity contribution < 1.29 is 5.11 Å². The molecule has 18 heavy (non-hydrogen) atoms. The van der Waals surface area contributed by atoms with E-state index in [0.29, 0.717) is 12.0 Å². The summed E-state index contributed by atoms with van der Waals surface area (Å²) in [5, 5.41) is 9.95. The molecule has 0 saturated carbocycles. The van der Waals surface area contributed by atoms with Gasteiger partial charge in [0.05, 0.1) is 5.60 Å². The van der Waals surface area contributed by atoms with Gasteiger partial charge < -0.3 is 15.7 Å². The van der Waals surface area contributed by atoms with E-state index in [1.807, 2.05) is 6.92 Å². The van der Waals surface area contributed by atoms with Crippen LogP contribution in [-0.2, 0) is 0 Å². The molecule has 0 bridgehead atoms. The van der Waals surface area contributed by atoms with Crippen molar-refractivity contribution >= 4 is 0 Å². The van der Waals surface area contributed by atoms with Gasteiger partial charge in [-0.2, -0.15) is 0 Å². The Morgan fingerprint density at radius 3 is 2.39 bits per heavy atom. The Bertz CT molecular complexity index is 245. The van der Waals surface area contributed by atoms with E-state index in [9.17, 15) is 5.11 Å². The van der Waals surface area contributed by atoms with E-state index in [1.54, 1.807) is 0 Å². The standard InChI is InChI=1S/C15H32N2O/c1-14(2,3)13-6-5-9-17(10-7-13)11-8-15(4,18)12-16/h13,18H,5-12,16H2,1-4H3. The SMILES string of the molecule is CC(O)(CN)CCN1CCCC(C(C)(C)C)CC1. The van der Waals surface area contributed by atoms with Gasteiger partial charge >= 0.3 is 0 Å². The lowest BCUT2D eigenvalue weighted by Crippen LogP contribution is -2.39. The summed E-state index contributed by atoms with van der Waals surface area (Å²) in [4.78, 5) is 2.50. The number of aliphatic hydroxyl groups is 1. The van der Waals surface area contributed by atoms with Crippen LogP contribution in [0.5, 0.6) is 0 Å². The zero-order chi connectivity index (χ0) is 13.8. The molecule has 0 aromatic rings. The smallest absolute Gasteiger partial charge is 0.0753 e. The van der Waals surface area contributed by atoms with Crippen LogP contribution in [0.2, 0.25) is 0 Å². The minimum absolute atomic E-state index is 0.353. The second-order valence-electron chi connectivity index (χ2n) is 7.29. The monoisotopic (exact) mass is 256 g/mol. The summed E-state index contributed by atoms with van der Waals surface area (Å²) in [6, 6.07) is 0. The molecule has 0 aromatic carbocycles. The van der Waals surface area contributed by atoms with Gasteiger partial charge in [0.25, 0.3) is 0 Å². The molecule has 1 fully saturated rings. The summed E-state index contributed by atoms with van der Waals surface area (Å²) >= 11 is 0. The number of rotatable bonds is 4. The Balaban J connectivity index is 2.38. The van der Waals surface area contributed by atoms with Crippen molar-refractivity contribution in [2.75, 3.05) is 26.2 Å². The first kappa shape index (κ1) is 15.9. The van der Waals surface area contributed by atoms with E-state index in [1.165, 1.54) is 32.4 Å². The normalized spacial score (nSPS) is 26.7. The number of hydrogen-bond donors (Lipinski definition) is 2. The Labute approximate surface area is 113 Å². The maximum Gasteiger partial charge on any atom is 0.0753 e. The van der Waals surface area contributed by atoms with Gasteiger partial charge in [0, 0.05) is 13.1 Å². The fourth-order valence-electron chi connectivity index (χ4n) is 2.75. The molecule has 1 saturated heterocycles. The second kappa shape index (κ2) is 6.36. The lowest BCUT2D eigenvalue weighted by molar-refractivity contribution is 0.0477. The van der Waals surface area contributed by atoms with Gasteiger partial charge in [0.1, 0.15) is 0 Å². The molecule has 2 unspecified atom stereocenters. The molecule has 0 radical (unpaired) electrons. The summed E-state index contributed by atoms with van der Waals surface area (Å²) in [7, 11) is 0. The Morgan fingerprint density at radius 2 is 1.83 bits per heavy atom. The highest BCUT2D eigenvalue weighted by atomic mass is 16.3. The summed E-state index contributed by atoms with van der Waals surface area (Å²) in [6.07, 6.45) is 4.69. The van der Waals surface area contributed by atoms with E-state index in [4.69, 9.17) is 5.73 Å². The molecule has 1 aliphatic rings. The molecule has 0 amide bonds. The van der Waals surface area contributed by atoms with Crippen molar-refractivity contribution in [2.24, 2.45) is 17.1 Å². The first-order valence-electron chi connectivity index (χ1n) is 7.39. The predicted octanol–water partition coefficient (Wildman–Crippen LogP) is 2.23. The van der Waals surface area contributed by atoms with Gasteiger partial charge in [-0.3, -0.25) is 0 Å². The van der Waals surface area contributed by atoms with E-state index < -0.39 is 5.60 Å². The highest BCUT2D eigenvalue weighted by Crippen LogP contribution is 2.34. The number of nitrogens with zero attached hydrogens (tertiary/aromatic N) is 1. The quantitative estimate of drug-likeness (QED) is 0.811. The Kier molecular flexibility index (Phi) is 5.63. The van der Waals surface area contributed by atoms with Crippen molar-refractivity contribution in [1.29, 1.82) is 0 Å². The first-order chi connectivity index (χ1) is 8.24. The Morgan fingerprint density at radius 1 is 1.17 bits per heavy atom. The molecule has 0 aromatic heterocycles. The third-order valence-corrected chi connectivity index (χ3v) is 4.45. The molecule has 108 valence electrons. The van der Waals surface area contributed by atoms with E-state index in [2.05, 4.69) is 25.7 Å². The molecule has 1 heterocycles. The largest absolute Gasteiger partial charge is 0.389 e. The molecular formula is C15H32N2O. The summed E-state index contributed by atoms with van der Waals surface area (Å²) in [5.41, 5.74) is 5.29. The van der Waals surface area contributed by atoms with Crippen LogP contribution in [-0.4, -0.2) is 41.8 Å². The van der Waals surface area contributed by atoms with Crippen LogP contribution < -0.4 is 5.73 Å². The van der Waals surface area contributed by atoms with Crippen LogP contribution in [0.3, 0.4) is 0 Å². The van der Waals surface area contributed by atoms with Crippen LogP contribution in [0, 0.1) is 11.3 Å². The van der Waals surface area contributed by atoms with Crippen LogP contribution >= 0.6 is 0 Å². The third kappa shape index (κ3) is 5.25. The fraction of sp³-hybridized carbons (Fsp3) is 1.00. The summed E-state index contributed by atoms with van der Waals surface area (Å²) in [6.45, 7) is 12.6. The maximum absolute atomic E-state index is 9.95. The van der Waals surface area contributed by atoms with E-state index in [0.717, 1.165) is 18.9 Å². The van der Waals surface area contributed by atoms with Gasteiger partial charge in [-0.25, -0.2) is 0 Å². The van der Waals surface area contributed by atoms with Gasteiger partial charge in [-0.1, -0.05) is 20.8 Å². The molecule has 3 N–H and O–H groups in total. The lowest BCUT2D eigenvalue weighted by Gasteiger charge is -2.30. The third-order valence-electron chi connectivity index (χ3n) is 4.45. The zero-order valence-electron chi connectivity index (χ0n) is 12.7. The number of likely N-dealkylation sites (tertiary alicyclic amines) is 1. The van der Waals surface area contributed by atoms with Crippen molar-refractivity contribution in [1.82, 2.24) is 4.90 Å². The summed E-state index contributed by atoms with van der Waals surface area (Å²) in [5.74, 6) is 0.831. The van der Waals surface area contributed by atoms with Crippen LogP contribution in [0.1, 0.15) is 53.4 Å². The Hall–Kier alpha value is -0.120. The maximum atomic E-state index is 9.95. The van der Waals surface area contributed by atoms with Crippen LogP contribution in [0.25, 0.3) is 0 Å². The van der Waals surface area contributed by atoms with E-state index >= 15 is 0 Å². The lowest BCUT2D eigenvalue weighted by atomic mass is 9.77. The molecule has 2 atom stereocenters. The number of nitrogens with two attached hydrogens (primary N) is 1. The fourth-order valence-corrected chi connectivity index (χ4v) is 2.75. The van der Waals surface area contributed by atoms with Crippen molar-refractivity contribution in [3.63, 3.8) is 0 Å². The van der Waals surface area contributed by atoms with Gasteiger partial charge in [0.15, 0.2) is 0 Å². The van der Waals surface area contributed by atoms with Gasteiger partial charge in [-0.05, 0) is 57.0 Å². The van der Waals surface area contributed by atoms with Crippen LogP contribution in [0.4, 0.5) is 0 Å². The molecule has 3 heteroatoms. The summed E-state index contributed by atoms with van der Waals surface area (Å²) < 4.78 is 0. The van der Waals surface area contributed by atoms with E-state index in [-0.39, 0.29) is 0 Å². The van der Waals surface area contributed by atoms with Gasteiger partial charge in [0.2, 0.25) is 0 Å². The number of hydrogen-bond acceptors (Lipinski definition) is 3. The average molecular weight is 256 g/mol. The topological polar surface area (TPSA) is 49.5 Å². The van der Waals surface area contributed by atoms with Crippen molar-refractivity contribution in [3.8, 4) is 0 Å². The van der Waals surface area contributed by atoms with Crippen LogP contribution in [0.15, 0.2) is 0 Å². The molecular weight excluding hydrogens is 224 g/mol. The highest BCUT2D eigenvalue weighted by Gasteiger charge is 2.27. The molecule has 1 aliphatic heterocycles. The highest BCUT2D eigenvalue weighted by molar-refractivity contribution is 4.80. The molecule has 3 nitrogen and oxygen atoms in total. The molecule has 1 rings (SSSR count).